The summed E-state index contributed by atoms with van der Waals surface area (Å²) in [6.07, 6.45) is 3.75. The molecule has 176 valence electrons. The second-order valence-electron chi connectivity index (χ2n) is 9.58. The van der Waals surface area contributed by atoms with Crippen LogP contribution in [0, 0.1) is 5.92 Å². The number of carbonyl (C=O) groups is 3. The van der Waals surface area contributed by atoms with Crippen molar-refractivity contribution in [3.05, 3.63) is 0 Å². The van der Waals surface area contributed by atoms with E-state index in [1.165, 1.54) is 5.06 Å². The van der Waals surface area contributed by atoms with Gasteiger partial charge < -0.3 is 14.5 Å². The molecule has 3 aliphatic rings. The van der Waals surface area contributed by atoms with Gasteiger partial charge in [-0.05, 0) is 70.8 Å². The van der Waals surface area contributed by atoms with Crippen LogP contribution in [0.3, 0.4) is 0 Å². The van der Waals surface area contributed by atoms with Gasteiger partial charge in [0.2, 0.25) is 5.91 Å². The zero-order valence-corrected chi connectivity index (χ0v) is 20.4. The van der Waals surface area contributed by atoms with E-state index in [2.05, 4.69) is 13.8 Å². The van der Waals surface area contributed by atoms with Crippen LogP contribution in [-0.2, 0) is 19.2 Å². The van der Waals surface area contributed by atoms with E-state index in [1.807, 2.05) is 18.1 Å². The van der Waals surface area contributed by atoms with Crippen molar-refractivity contribution in [1.82, 2.24) is 14.9 Å². The number of hydrogen-bond donors (Lipinski definition) is 0. The summed E-state index contributed by atoms with van der Waals surface area (Å²) in [5, 5.41) is 1.26. The molecule has 1 saturated carbocycles. The molecule has 2 heterocycles. The Bertz CT molecular complexity index is 697. The largest absolute Gasteiger partial charge is 0.445 e. The molecule has 1 unspecified atom stereocenters. The summed E-state index contributed by atoms with van der Waals surface area (Å²) in [7, 11) is 0. The number of carbonyl (C=O) groups excluding carboxylic acids is 3. The van der Waals surface area contributed by atoms with Gasteiger partial charge in [-0.25, -0.2) is 9.63 Å². The molecule has 3 atom stereocenters. The van der Waals surface area contributed by atoms with Gasteiger partial charge >= 0.3 is 6.09 Å². The fourth-order valence-corrected chi connectivity index (χ4v) is 5.04. The quantitative estimate of drug-likeness (QED) is 0.586. The van der Waals surface area contributed by atoms with Crippen LogP contribution < -0.4 is 0 Å². The van der Waals surface area contributed by atoms with Crippen molar-refractivity contribution in [1.29, 1.82) is 0 Å². The molecule has 0 bridgehead atoms. The Hall–Kier alpha value is -1.48. The maximum atomic E-state index is 13.6. The summed E-state index contributed by atoms with van der Waals surface area (Å²) in [6.45, 7) is 10.3. The monoisotopic (exact) mass is 455 g/mol. The number of hydrogen-bond acceptors (Lipinski definition) is 6. The molecule has 2 aliphatic heterocycles. The summed E-state index contributed by atoms with van der Waals surface area (Å²) in [6, 6.07) is -0.984. The Morgan fingerprint density at radius 1 is 1.26 bits per heavy atom. The van der Waals surface area contributed by atoms with Gasteiger partial charge in [-0.2, -0.15) is 16.8 Å². The molecule has 1 spiro atoms. The van der Waals surface area contributed by atoms with E-state index in [0.29, 0.717) is 31.7 Å². The zero-order valence-electron chi connectivity index (χ0n) is 19.6. The highest BCUT2D eigenvalue weighted by molar-refractivity contribution is 7.98. The number of piperazine rings is 1. The van der Waals surface area contributed by atoms with Gasteiger partial charge in [0.15, 0.2) is 11.8 Å². The summed E-state index contributed by atoms with van der Waals surface area (Å²) in [4.78, 5) is 49.9. The Labute approximate surface area is 189 Å². The van der Waals surface area contributed by atoms with Gasteiger partial charge in [0, 0.05) is 6.54 Å². The predicted molar refractivity (Wildman–Crippen MR) is 119 cm³/mol. The molecular weight excluding hydrogens is 418 g/mol. The number of rotatable bonds is 7. The molecule has 2 saturated heterocycles. The fourth-order valence-electron chi connectivity index (χ4n) is 4.58. The molecule has 0 radical (unpaired) electrons. The number of thioether (sulfide) groups is 1. The first-order chi connectivity index (χ1) is 14.6. The first-order valence-corrected chi connectivity index (χ1v) is 12.8. The third-order valence-corrected chi connectivity index (χ3v) is 7.11. The van der Waals surface area contributed by atoms with Crippen molar-refractivity contribution >= 4 is 29.7 Å². The maximum absolute atomic E-state index is 13.6. The van der Waals surface area contributed by atoms with Gasteiger partial charge in [-0.15, -0.1) is 0 Å². The minimum Gasteiger partial charge on any atom is -0.445 e. The lowest BCUT2D eigenvalue weighted by Crippen LogP contribution is -2.79. The number of amides is 3. The van der Waals surface area contributed by atoms with E-state index < -0.39 is 29.9 Å². The van der Waals surface area contributed by atoms with Gasteiger partial charge in [-0.1, -0.05) is 13.8 Å². The van der Waals surface area contributed by atoms with Gasteiger partial charge in [0.25, 0.3) is 5.91 Å². The zero-order chi connectivity index (χ0) is 22.9. The smallest absolute Gasteiger partial charge is 0.436 e. The predicted octanol–water partition coefficient (Wildman–Crippen LogP) is 3.25. The summed E-state index contributed by atoms with van der Waals surface area (Å²) >= 11 is 1.65. The lowest BCUT2D eigenvalue weighted by atomic mass is 9.77. The van der Waals surface area contributed by atoms with Crippen molar-refractivity contribution in [3.8, 4) is 0 Å². The van der Waals surface area contributed by atoms with Crippen LogP contribution in [0.1, 0.15) is 66.7 Å². The topological polar surface area (TPSA) is 79.4 Å². The Balaban J connectivity index is 2.00. The van der Waals surface area contributed by atoms with Gasteiger partial charge in [0.05, 0.1) is 12.1 Å². The molecule has 0 aromatic carbocycles. The van der Waals surface area contributed by atoms with E-state index in [1.54, 1.807) is 30.5 Å². The number of ether oxygens (including phenoxy) is 1. The Kier molecular flexibility index (Phi) is 7.46. The van der Waals surface area contributed by atoms with Gasteiger partial charge in [0.1, 0.15) is 6.04 Å². The summed E-state index contributed by atoms with van der Waals surface area (Å²) in [5.41, 5.74) is -1.05. The van der Waals surface area contributed by atoms with Crippen molar-refractivity contribution in [3.63, 3.8) is 0 Å². The molecule has 9 heteroatoms. The lowest BCUT2D eigenvalue weighted by Gasteiger charge is -2.60. The van der Waals surface area contributed by atoms with Gasteiger partial charge in [-0.3, -0.25) is 9.59 Å². The standard InChI is InChI=1S/C22H37N3O5S/c1-14(2)8-12-23-16(5)18-24(17(19(23)26)9-13-31-6)20(27)22(10-7-11-22)30-25(18)21(28)29-15(3)4/h14-18H,7-13H2,1-6H3/t16-,17-,18?/m0/s1. The Morgan fingerprint density at radius 3 is 2.45 bits per heavy atom. The van der Waals surface area contributed by atoms with Crippen LogP contribution in [0.2, 0.25) is 0 Å². The molecule has 0 aromatic rings. The second-order valence-corrected chi connectivity index (χ2v) is 10.6. The van der Waals surface area contributed by atoms with E-state index in [-0.39, 0.29) is 17.9 Å². The van der Waals surface area contributed by atoms with E-state index in [9.17, 15) is 14.4 Å². The highest BCUT2D eigenvalue weighted by atomic mass is 32.2. The number of nitrogens with zero attached hydrogens (tertiary/aromatic N) is 3. The average molecular weight is 456 g/mol. The highest BCUT2D eigenvalue weighted by Gasteiger charge is 2.63. The third-order valence-electron chi connectivity index (χ3n) is 6.47. The molecule has 0 aromatic heterocycles. The Morgan fingerprint density at radius 2 is 1.94 bits per heavy atom. The SMILES string of the molecule is CSCC[C@H]1C(=O)N(CCC(C)C)[C@@H](C)C2N(C(=O)OC(C)C)OC3(CCC3)C(=O)N21. The van der Waals surface area contributed by atoms with E-state index >= 15 is 0 Å². The van der Waals surface area contributed by atoms with Crippen LogP contribution in [0.4, 0.5) is 4.79 Å². The molecule has 1 aliphatic carbocycles. The van der Waals surface area contributed by atoms with Crippen molar-refractivity contribution in [2.45, 2.75) is 96.7 Å². The van der Waals surface area contributed by atoms with Crippen LogP contribution >= 0.6 is 11.8 Å². The van der Waals surface area contributed by atoms with E-state index in [0.717, 1.165) is 18.6 Å². The second kappa shape index (κ2) is 9.57. The number of hydroxylamine groups is 2. The molecule has 3 rings (SSSR count). The van der Waals surface area contributed by atoms with Crippen LogP contribution in [0.25, 0.3) is 0 Å². The van der Waals surface area contributed by atoms with Crippen LogP contribution in [0.5, 0.6) is 0 Å². The van der Waals surface area contributed by atoms with Crippen molar-refractivity contribution in [2.75, 3.05) is 18.6 Å². The average Bonchev–Trinajstić information content (AvgIpc) is 2.66. The normalized spacial score (nSPS) is 27.7. The first-order valence-electron chi connectivity index (χ1n) is 11.4. The molecular formula is C22H37N3O5S. The minimum atomic E-state index is -1.05. The van der Waals surface area contributed by atoms with Crippen LogP contribution in [-0.4, -0.2) is 81.3 Å². The molecule has 3 fully saturated rings. The molecule has 8 nitrogen and oxygen atoms in total. The molecule has 3 amide bonds. The van der Waals surface area contributed by atoms with Crippen molar-refractivity contribution < 1.29 is 24.0 Å². The molecule has 31 heavy (non-hydrogen) atoms. The fraction of sp³-hybridized carbons (Fsp3) is 0.864. The third kappa shape index (κ3) is 4.53. The van der Waals surface area contributed by atoms with E-state index in [4.69, 9.17) is 9.57 Å². The minimum absolute atomic E-state index is 0.0275. The summed E-state index contributed by atoms with van der Waals surface area (Å²) in [5.74, 6) is 1.00. The first kappa shape index (κ1) is 24.2. The van der Waals surface area contributed by atoms with Crippen molar-refractivity contribution in [2.24, 2.45) is 5.92 Å². The lowest BCUT2D eigenvalue weighted by molar-refractivity contribution is -0.320. The molecule has 0 N–H and O–H groups in total. The highest BCUT2D eigenvalue weighted by Crippen LogP contribution is 2.45. The maximum Gasteiger partial charge on any atom is 0.436 e. The summed E-state index contributed by atoms with van der Waals surface area (Å²) < 4.78 is 5.48. The van der Waals surface area contributed by atoms with Crippen LogP contribution in [0.15, 0.2) is 0 Å². The number of fused-ring (bicyclic) bond motifs is 1.